The van der Waals surface area contributed by atoms with E-state index >= 15 is 0 Å². The number of nitrogens with one attached hydrogen (secondary N) is 1. The summed E-state index contributed by atoms with van der Waals surface area (Å²) in [6.07, 6.45) is 7.26. The van der Waals surface area contributed by atoms with Gasteiger partial charge in [-0.3, -0.25) is 15.1 Å². The molecule has 3 aromatic heterocycles. The van der Waals surface area contributed by atoms with Gasteiger partial charge in [-0.05, 0) is 29.8 Å². The number of hydrogen-bond acceptors (Lipinski definition) is 4. The van der Waals surface area contributed by atoms with Crippen LogP contribution in [0.1, 0.15) is 11.6 Å². The number of thiazole rings is 1. The lowest BCUT2D eigenvalue weighted by molar-refractivity contribution is -0.118. The van der Waals surface area contributed by atoms with Gasteiger partial charge in [0.05, 0.1) is 5.69 Å². The first-order chi connectivity index (χ1) is 12.8. The Balaban J connectivity index is 1.59. The summed E-state index contributed by atoms with van der Waals surface area (Å²) in [5, 5.41) is 5.43. The third-order valence-corrected chi connectivity index (χ3v) is 4.74. The van der Waals surface area contributed by atoms with Gasteiger partial charge in [0.15, 0.2) is 5.13 Å². The molecule has 1 unspecified atom stereocenters. The Morgan fingerprint density at radius 1 is 1.04 bits per heavy atom. The smallest absolute Gasteiger partial charge is 0.253 e. The Morgan fingerprint density at radius 3 is 2.58 bits per heavy atom. The van der Waals surface area contributed by atoms with Crippen LogP contribution in [-0.4, -0.2) is 20.4 Å². The molecule has 128 valence electrons. The van der Waals surface area contributed by atoms with Gasteiger partial charge in [-0.1, -0.05) is 30.3 Å². The van der Waals surface area contributed by atoms with Crippen LogP contribution in [-0.2, 0) is 4.79 Å². The van der Waals surface area contributed by atoms with Crippen molar-refractivity contribution in [1.29, 1.82) is 0 Å². The molecular weight excluding hydrogens is 344 g/mol. The van der Waals surface area contributed by atoms with E-state index in [1.54, 1.807) is 12.4 Å². The number of amides is 1. The highest BCUT2D eigenvalue weighted by molar-refractivity contribution is 7.14. The van der Waals surface area contributed by atoms with Gasteiger partial charge in [0, 0.05) is 35.7 Å². The second-order valence-corrected chi connectivity index (χ2v) is 6.57. The van der Waals surface area contributed by atoms with E-state index in [0.717, 1.165) is 16.8 Å². The van der Waals surface area contributed by atoms with Crippen LogP contribution in [0.2, 0.25) is 0 Å². The van der Waals surface area contributed by atoms with Gasteiger partial charge < -0.3 is 4.57 Å². The van der Waals surface area contributed by atoms with Crippen molar-refractivity contribution in [3.63, 3.8) is 0 Å². The van der Waals surface area contributed by atoms with Crippen molar-refractivity contribution >= 4 is 22.4 Å². The molecule has 0 saturated carbocycles. The number of benzene rings is 1. The van der Waals surface area contributed by atoms with E-state index in [9.17, 15) is 4.79 Å². The van der Waals surface area contributed by atoms with E-state index in [0.29, 0.717) is 5.13 Å². The fraction of sp³-hybridized carbons (Fsp3) is 0.0500. The van der Waals surface area contributed by atoms with Crippen LogP contribution in [0.25, 0.3) is 11.3 Å². The third kappa shape index (κ3) is 3.41. The predicted octanol–water partition coefficient (Wildman–Crippen LogP) is 4.23. The normalized spacial score (nSPS) is 11.8. The summed E-state index contributed by atoms with van der Waals surface area (Å²) in [7, 11) is 0. The van der Waals surface area contributed by atoms with Crippen molar-refractivity contribution in [2.45, 2.75) is 6.04 Å². The molecular formula is C20H16N4OS. The van der Waals surface area contributed by atoms with Crippen LogP contribution in [0.5, 0.6) is 0 Å². The molecule has 1 aromatic carbocycles. The zero-order chi connectivity index (χ0) is 17.8. The van der Waals surface area contributed by atoms with Crippen molar-refractivity contribution in [1.82, 2.24) is 14.5 Å². The van der Waals surface area contributed by atoms with Crippen molar-refractivity contribution < 1.29 is 4.79 Å². The number of anilines is 1. The van der Waals surface area contributed by atoms with Crippen LogP contribution >= 0.6 is 11.3 Å². The van der Waals surface area contributed by atoms with Gasteiger partial charge in [-0.15, -0.1) is 11.3 Å². The largest absolute Gasteiger partial charge is 0.338 e. The van der Waals surface area contributed by atoms with Crippen LogP contribution < -0.4 is 5.32 Å². The second kappa shape index (κ2) is 7.33. The van der Waals surface area contributed by atoms with E-state index in [-0.39, 0.29) is 5.91 Å². The topological polar surface area (TPSA) is 59.8 Å². The molecule has 0 radical (unpaired) electrons. The average Bonchev–Trinajstić information content (AvgIpc) is 3.36. The number of rotatable bonds is 5. The first-order valence-corrected chi connectivity index (χ1v) is 9.03. The highest BCUT2D eigenvalue weighted by Crippen LogP contribution is 2.26. The summed E-state index contributed by atoms with van der Waals surface area (Å²) in [4.78, 5) is 21.6. The fourth-order valence-electron chi connectivity index (χ4n) is 2.77. The molecule has 6 heteroatoms. The minimum Gasteiger partial charge on any atom is -0.338 e. The molecule has 1 atom stereocenters. The van der Waals surface area contributed by atoms with Gasteiger partial charge in [-0.2, -0.15) is 0 Å². The number of pyridine rings is 1. The zero-order valence-corrected chi connectivity index (χ0v) is 14.6. The standard InChI is InChI=1S/C20H16N4OS/c25-19(18(24-11-4-5-12-24)15-7-2-1-3-8-15)23-20-22-17(14-26-20)16-9-6-10-21-13-16/h1-14,18H,(H,22,23,25). The fourth-order valence-corrected chi connectivity index (χ4v) is 3.49. The first kappa shape index (κ1) is 16.2. The third-order valence-electron chi connectivity index (χ3n) is 3.98. The molecule has 0 spiro atoms. The van der Waals surface area contributed by atoms with Gasteiger partial charge in [0.2, 0.25) is 0 Å². The van der Waals surface area contributed by atoms with Crippen LogP contribution in [0.4, 0.5) is 5.13 Å². The number of hydrogen-bond donors (Lipinski definition) is 1. The average molecular weight is 360 g/mol. The maximum absolute atomic E-state index is 13.0. The first-order valence-electron chi connectivity index (χ1n) is 8.15. The molecule has 0 saturated heterocycles. The maximum Gasteiger partial charge on any atom is 0.253 e. The number of carbonyl (C=O) groups excluding carboxylic acids is 1. The van der Waals surface area contributed by atoms with Gasteiger partial charge in [-0.25, -0.2) is 4.98 Å². The number of carbonyl (C=O) groups is 1. The minimum absolute atomic E-state index is 0.125. The van der Waals surface area contributed by atoms with E-state index in [1.807, 2.05) is 76.9 Å². The highest BCUT2D eigenvalue weighted by Gasteiger charge is 2.22. The summed E-state index contributed by atoms with van der Waals surface area (Å²) in [6.45, 7) is 0. The van der Waals surface area contributed by atoms with E-state index < -0.39 is 6.04 Å². The lowest BCUT2D eigenvalue weighted by Gasteiger charge is -2.18. The molecule has 0 fully saturated rings. The second-order valence-electron chi connectivity index (χ2n) is 5.71. The Bertz CT molecular complexity index is 981. The Morgan fingerprint density at radius 2 is 1.85 bits per heavy atom. The van der Waals surface area contributed by atoms with Gasteiger partial charge in [0.1, 0.15) is 6.04 Å². The molecule has 1 N–H and O–H groups in total. The predicted molar refractivity (Wildman–Crippen MR) is 103 cm³/mol. The molecule has 26 heavy (non-hydrogen) atoms. The summed E-state index contributed by atoms with van der Waals surface area (Å²) < 4.78 is 1.89. The van der Waals surface area contributed by atoms with Crippen LogP contribution in [0.15, 0.2) is 84.8 Å². The molecule has 0 aliphatic carbocycles. The Labute approximate surface area is 155 Å². The summed E-state index contributed by atoms with van der Waals surface area (Å²) in [5.41, 5.74) is 2.65. The molecule has 4 rings (SSSR count). The van der Waals surface area contributed by atoms with E-state index in [4.69, 9.17) is 0 Å². The SMILES string of the molecule is O=C(Nc1nc(-c2cccnc2)cs1)C(c1ccccc1)n1cccc1. The van der Waals surface area contributed by atoms with Crippen molar-refractivity contribution in [2.75, 3.05) is 5.32 Å². The number of nitrogens with zero attached hydrogens (tertiary/aromatic N) is 3. The van der Waals surface area contributed by atoms with E-state index in [2.05, 4.69) is 15.3 Å². The lowest BCUT2D eigenvalue weighted by Crippen LogP contribution is -2.26. The van der Waals surface area contributed by atoms with Crippen molar-refractivity contribution in [3.8, 4) is 11.3 Å². The van der Waals surface area contributed by atoms with Gasteiger partial charge in [0.25, 0.3) is 5.91 Å². The Kier molecular flexibility index (Phi) is 4.57. The zero-order valence-electron chi connectivity index (χ0n) is 13.8. The maximum atomic E-state index is 13.0. The van der Waals surface area contributed by atoms with Crippen molar-refractivity contribution in [3.05, 3.63) is 90.3 Å². The molecule has 5 nitrogen and oxygen atoms in total. The molecule has 3 heterocycles. The molecule has 0 aliphatic rings. The Hall–Kier alpha value is -3.25. The van der Waals surface area contributed by atoms with Crippen molar-refractivity contribution in [2.24, 2.45) is 0 Å². The molecule has 0 bridgehead atoms. The number of aromatic nitrogens is 3. The summed E-state index contributed by atoms with van der Waals surface area (Å²) >= 11 is 1.40. The quantitative estimate of drug-likeness (QED) is 0.579. The van der Waals surface area contributed by atoms with Gasteiger partial charge >= 0.3 is 0 Å². The minimum atomic E-state index is -0.447. The summed E-state index contributed by atoms with van der Waals surface area (Å²) in [5.74, 6) is -0.125. The molecule has 0 aliphatic heterocycles. The highest BCUT2D eigenvalue weighted by atomic mass is 32.1. The molecule has 4 aromatic rings. The summed E-state index contributed by atoms with van der Waals surface area (Å²) in [6, 6.07) is 16.9. The lowest BCUT2D eigenvalue weighted by atomic mass is 10.1. The molecule has 1 amide bonds. The van der Waals surface area contributed by atoms with Crippen LogP contribution in [0.3, 0.4) is 0 Å². The monoisotopic (exact) mass is 360 g/mol. The van der Waals surface area contributed by atoms with Crippen LogP contribution in [0, 0.1) is 0 Å². The van der Waals surface area contributed by atoms with E-state index in [1.165, 1.54) is 11.3 Å².